The van der Waals surface area contributed by atoms with Crippen molar-refractivity contribution in [3.05, 3.63) is 57.1 Å². The lowest BCUT2D eigenvalue weighted by Gasteiger charge is -2.17. The molecule has 7 nitrogen and oxygen atoms in total. The van der Waals surface area contributed by atoms with Gasteiger partial charge in [-0.25, -0.2) is 18.9 Å². The number of anilines is 1. The van der Waals surface area contributed by atoms with Crippen molar-refractivity contribution in [3.63, 3.8) is 0 Å². The maximum Gasteiger partial charge on any atom is 0.352 e. The molecule has 148 valence electrons. The van der Waals surface area contributed by atoms with E-state index in [1.54, 1.807) is 11.3 Å². The number of fused-ring (bicyclic) bond motifs is 5. The third-order valence-electron chi connectivity index (χ3n) is 5.51. The second-order valence-corrected chi connectivity index (χ2v) is 8.91. The summed E-state index contributed by atoms with van der Waals surface area (Å²) in [6.45, 7) is 4.11. The minimum Gasteiger partial charge on any atom is -0.324 e. The zero-order chi connectivity index (χ0) is 20.1. The van der Waals surface area contributed by atoms with Gasteiger partial charge in [0.2, 0.25) is 5.91 Å². The molecule has 0 radical (unpaired) electrons. The Bertz CT molecular complexity index is 1300. The number of rotatable bonds is 3. The van der Waals surface area contributed by atoms with Crippen LogP contribution in [-0.2, 0) is 24.2 Å². The molecule has 0 spiro atoms. The average Bonchev–Trinajstić information content (AvgIpc) is 3.21. The number of benzene rings is 1. The highest BCUT2D eigenvalue weighted by Gasteiger charge is 2.24. The van der Waals surface area contributed by atoms with Gasteiger partial charge in [-0.3, -0.25) is 4.79 Å². The molecular weight excluding hydrogens is 386 g/mol. The minimum atomic E-state index is -0.349. The lowest BCUT2D eigenvalue weighted by atomic mass is 9.89. The fraction of sp³-hybridized carbons (Fsp3) is 0.333. The fourth-order valence-electron chi connectivity index (χ4n) is 3.94. The Hall–Kier alpha value is -3.00. The molecule has 0 fully saturated rings. The molecule has 3 aromatic heterocycles. The minimum absolute atomic E-state index is 0.140. The molecule has 1 N–H and O–H groups in total. The number of nitrogens with one attached hydrogen (secondary N) is 1. The number of aromatic nitrogens is 4. The molecular formula is C21H21N5O2S. The number of hydrogen-bond donors (Lipinski definition) is 1. The molecule has 1 atom stereocenters. The zero-order valence-corrected chi connectivity index (χ0v) is 17.1. The number of thiophene rings is 1. The first-order valence-corrected chi connectivity index (χ1v) is 10.6. The van der Waals surface area contributed by atoms with E-state index < -0.39 is 0 Å². The van der Waals surface area contributed by atoms with Crippen LogP contribution in [0.4, 0.5) is 5.69 Å². The maximum atomic E-state index is 12.8. The van der Waals surface area contributed by atoms with E-state index in [1.165, 1.54) is 25.9 Å². The molecule has 1 amide bonds. The van der Waals surface area contributed by atoms with E-state index in [4.69, 9.17) is 0 Å². The lowest BCUT2D eigenvalue weighted by Crippen LogP contribution is -2.28. The molecule has 0 bridgehead atoms. The smallest absolute Gasteiger partial charge is 0.324 e. The van der Waals surface area contributed by atoms with Crippen molar-refractivity contribution in [1.29, 1.82) is 0 Å². The summed E-state index contributed by atoms with van der Waals surface area (Å²) >= 11 is 1.70. The topological polar surface area (TPSA) is 81.3 Å². The monoisotopic (exact) mass is 407 g/mol. The summed E-state index contributed by atoms with van der Waals surface area (Å²) in [6.07, 6.45) is 4.68. The summed E-state index contributed by atoms with van der Waals surface area (Å²) < 4.78 is 2.67. The third-order valence-corrected chi connectivity index (χ3v) is 6.67. The van der Waals surface area contributed by atoms with Crippen LogP contribution in [0.15, 0.2) is 35.4 Å². The first-order valence-electron chi connectivity index (χ1n) is 9.74. The van der Waals surface area contributed by atoms with Gasteiger partial charge in [-0.05, 0) is 49.8 Å². The van der Waals surface area contributed by atoms with Crippen LogP contribution in [-0.4, -0.2) is 25.1 Å². The Morgan fingerprint density at radius 2 is 2.10 bits per heavy atom. The van der Waals surface area contributed by atoms with Crippen LogP contribution in [0, 0.1) is 12.8 Å². The molecule has 1 aliphatic carbocycles. The van der Waals surface area contributed by atoms with Gasteiger partial charge in [0.05, 0.1) is 5.39 Å². The van der Waals surface area contributed by atoms with E-state index in [0.29, 0.717) is 17.3 Å². The molecule has 0 saturated heterocycles. The Morgan fingerprint density at radius 3 is 2.90 bits per heavy atom. The van der Waals surface area contributed by atoms with Crippen molar-refractivity contribution in [2.45, 2.75) is 39.7 Å². The quantitative estimate of drug-likeness (QED) is 0.566. The molecule has 8 heteroatoms. The second kappa shape index (κ2) is 6.81. The lowest BCUT2D eigenvalue weighted by molar-refractivity contribution is -0.117. The maximum absolute atomic E-state index is 12.8. The van der Waals surface area contributed by atoms with Crippen molar-refractivity contribution in [3.8, 4) is 0 Å². The molecule has 1 aromatic carbocycles. The van der Waals surface area contributed by atoms with Gasteiger partial charge in [0.25, 0.3) is 0 Å². The molecule has 5 rings (SSSR count). The predicted octanol–water partition coefficient (Wildman–Crippen LogP) is 3.18. The van der Waals surface area contributed by atoms with Crippen molar-refractivity contribution < 1.29 is 4.79 Å². The van der Waals surface area contributed by atoms with Crippen LogP contribution < -0.4 is 11.0 Å². The van der Waals surface area contributed by atoms with Crippen molar-refractivity contribution in [2.24, 2.45) is 5.92 Å². The van der Waals surface area contributed by atoms with Gasteiger partial charge in [0, 0.05) is 10.6 Å². The van der Waals surface area contributed by atoms with E-state index in [9.17, 15) is 9.59 Å². The highest BCUT2D eigenvalue weighted by molar-refractivity contribution is 7.19. The number of nitrogens with zero attached hydrogens (tertiary/aromatic N) is 4. The Labute approximate surface area is 171 Å². The SMILES string of the molecule is Cc1ccc(NC(=O)Cn2nc3c4c5c(sc4ncn3c2=O)C[C@H](C)CC5)cc1. The third kappa shape index (κ3) is 3.13. The molecule has 4 aromatic rings. The summed E-state index contributed by atoms with van der Waals surface area (Å²) in [4.78, 5) is 32.0. The number of carbonyl (C=O) groups excluding carboxylic acids is 1. The first-order chi connectivity index (χ1) is 14.0. The highest BCUT2D eigenvalue weighted by Crippen LogP contribution is 2.38. The highest BCUT2D eigenvalue weighted by atomic mass is 32.1. The van der Waals surface area contributed by atoms with E-state index in [0.717, 1.165) is 35.0 Å². The van der Waals surface area contributed by atoms with Gasteiger partial charge in [0.1, 0.15) is 17.7 Å². The predicted molar refractivity (Wildman–Crippen MR) is 114 cm³/mol. The first kappa shape index (κ1) is 18.1. The van der Waals surface area contributed by atoms with E-state index >= 15 is 0 Å². The summed E-state index contributed by atoms with van der Waals surface area (Å²) in [5, 5.41) is 8.29. The fourth-order valence-corrected chi connectivity index (χ4v) is 5.28. The van der Waals surface area contributed by atoms with Crippen molar-refractivity contribution in [1.82, 2.24) is 19.2 Å². The number of aryl methyl sites for hydroxylation is 2. The van der Waals surface area contributed by atoms with Crippen LogP contribution in [0.1, 0.15) is 29.3 Å². The second-order valence-electron chi connectivity index (χ2n) is 7.82. The molecule has 3 heterocycles. The molecule has 0 unspecified atom stereocenters. The zero-order valence-electron chi connectivity index (χ0n) is 16.3. The summed E-state index contributed by atoms with van der Waals surface area (Å²) in [5.41, 5.74) is 3.32. The van der Waals surface area contributed by atoms with Gasteiger partial charge >= 0.3 is 5.69 Å². The van der Waals surface area contributed by atoms with Gasteiger partial charge in [0.15, 0.2) is 5.65 Å². The van der Waals surface area contributed by atoms with E-state index in [-0.39, 0.29) is 18.1 Å². The van der Waals surface area contributed by atoms with Gasteiger partial charge in [-0.15, -0.1) is 16.4 Å². The van der Waals surface area contributed by atoms with E-state index in [2.05, 4.69) is 22.3 Å². The largest absolute Gasteiger partial charge is 0.352 e. The number of hydrogen-bond acceptors (Lipinski definition) is 5. The van der Waals surface area contributed by atoms with Crippen LogP contribution in [0.3, 0.4) is 0 Å². The van der Waals surface area contributed by atoms with Gasteiger partial charge in [-0.1, -0.05) is 24.6 Å². The van der Waals surface area contributed by atoms with Crippen LogP contribution in [0.2, 0.25) is 0 Å². The molecule has 1 aliphatic rings. The Morgan fingerprint density at radius 1 is 1.31 bits per heavy atom. The Balaban J connectivity index is 1.51. The average molecular weight is 407 g/mol. The van der Waals surface area contributed by atoms with E-state index in [1.807, 2.05) is 31.2 Å². The van der Waals surface area contributed by atoms with Crippen LogP contribution >= 0.6 is 11.3 Å². The standard InChI is InChI=1S/C21H21N5O2S/c1-12-3-6-14(7-4-12)23-17(27)10-26-21(28)25-11-22-20-18(19(25)24-26)15-8-5-13(2)9-16(15)29-20/h3-4,6-7,11,13H,5,8-10H2,1-2H3,(H,23,27)/t13-/m1/s1. The summed E-state index contributed by atoms with van der Waals surface area (Å²) in [7, 11) is 0. The van der Waals surface area contributed by atoms with Gasteiger partial charge in [-0.2, -0.15) is 0 Å². The number of amides is 1. The van der Waals surface area contributed by atoms with Crippen molar-refractivity contribution in [2.75, 3.05) is 5.32 Å². The Kier molecular flexibility index (Phi) is 4.24. The summed E-state index contributed by atoms with van der Waals surface area (Å²) in [5.74, 6) is 0.376. The summed E-state index contributed by atoms with van der Waals surface area (Å²) in [6, 6.07) is 7.53. The van der Waals surface area contributed by atoms with Crippen LogP contribution in [0.5, 0.6) is 0 Å². The van der Waals surface area contributed by atoms with Crippen LogP contribution in [0.25, 0.3) is 15.9 Å². The normalized spacial score (nSPS) is 16.3. The van der Waals surface area contributed by atoms with Crippen molar-refractivity contribution >= 4 is 38.8 Å². The molecule has 29 heavy (non-hydrogen) atoms. The molecule has 0 aliphatic heterocycles. The molecule has 0 saturated carbocycles. The number of carbonyl (C=O) groups is 1. The van der Waals surface area contributed by atoms with Gasteiger partial charge < -0.3 is 5.32 Å².